The van der Waals surface area contributed by atoms with Crippen LogP contribution in [0.5, 0.6) is 5.75 Å². The smallest absolute Gasteiger partial charge is 0.341 e. The van der Waals surface area contributed by atoms with Gasteiger partial charge in [0.15, 0.2) is 6.54 Å². The lowest BCUT2D eigenvalue weighted by Gasteiger charge is -2.31. The third-order valence-corrected chi connectivity index (χ3v) is 3.74. The zero-order valence-corrected chi connectivity index (χ0v) is 13.0. The van der Waals surface area contributed by atoms with Gasteiger partial charge in [-0.25, -0.2) is 4.79 Å². The van der Waals surface area contributed by atoms with Crippen LogP contribution < -0.4 is 5.32 Å². The number of anilines is 1. The maximum Gasteiger partial charge on any atom is 0.341 e. The number of phenolic OH excluding ortho intramolecular Hbond substituents is 1. The van der Waals surface area contributed by atoms with E-state index in [1.165, 1.54) is 19.2 Å². The van der Waals surface area contributed by atoms with Gasteiger partial charge < -0.3 is 19.6 Å². The van der Waals surface area contributed by atoms with Crippen molar-refractivity contribution < 1.29 is 23.9 Å². The van der Waals surface area contributed by atoms with Gasteiger partial charge in [-0.1, -0.05) is 0 Å². The Hall–Kier alpha value is -2.08. The molecule has 0 unspecified atom stereocenters. The summed E-state index contributed by atoms with van der Waals surface area (Å²) in [6, 6.07) is 4.32. The first-order valence-electron chi connectivity index (χ1n) is 6.90. The van der Waals surface area contributed by atoms with Crippen LogP contribution in [0.2, 0.25) is 0 Å². The third kappa shape index (κ3) is 4.46. The van der Waals surface area contributed by atoms with Crippen LogP contribution in [0, 0.1) is 0 Å². The van der Waals surface area contributed by atoms with Crippen LogP contribution in [0.4, 0.5) is 5.69 Å². The molecule has 0 saturated heterocycles. The van der Waals surface area contributed by atoms with Crippen molar-refractivity contribution in [1.82, 2.24) is 0 Å². The number of ether oxygens (including phenoxy) is 1. The summed E-state index contributed by atoms with van der Waals surface area (Å²) in [6.45, 7) is 6.14. The molecular formula is C15H23N2O4+. The highest BCUT2D eigenvalue weighted by Crippen LogP contribution is 2.22. The standard InChI is InChI=1S/C15H22N2O4/c1-5-17(3,6-2)10-14(19)16-11-7-8-12(13(18)9-11)15(20)21-4/h7-9H,5-6,10H2,1-4H3,(H-,16,18,19,20)/p+1. The summed E-state index contributed by atoms with van der Waals surface area (Å²) in [4.78, 5) is 23.4. The third-order valence-electron chi connectivity index (χ3n) is 3.74. The first kappa shape index (κ1) is 17.0. The second kappa shape index (κ2) is 7.08. The van der Waals surface area contributed by atoms with Gasteiger partial charge in [-0.3, -0.25) is 4.79 Å². The van der Waals surface area contributed by atoms with Crippen LogP contribution in [-0.2, 0) is 9.53 Å². The maximum absolute atomic E-state index is 12.0. The summed E-state index contributed by atoms with van der Waals surface area (Å²) in [5.41, 5.74) is 0.516. The molecule has 0 bridgehead atoms. The molecule has 0 radical (unpaired) electrons. The molecule has 0 atom stereocenters. The van der Waals surface area contributed by atoms with Gasteiger partial charge in [0.25, 0.3) is 5.91 Å². The predicted molar refractivity (Wildman–Crippen MR) is 80.2 cm³/mol. The molecule has 6 nitrogen and oxygen atoms in total. The number of methoxy groups -OCH3 is 1. The molecule has 0 heterocycles. The Morgan fingerprint density at radius 3 is 2.38 bits per heavy atom. The van der Waals surface area contributed by atoms with Crippen molar-refractivity contribution in [2.75, 3.05) is 39.1 Å². The molecule has 2 N–H and O–H groups in total. The Bertz CT molecular complexity index is 524. The monoisotopic (exact) mass is 295 g/mol. The van der Waals surface area contributed by atoms with Gasteiger partial charge >= 0.3 is 5.97 Å². The number of nitrogens with one attached hydrogen (secondary N) is 1. The van der Waals surface area contributed by atoms with Crippen molar-refractivity contribution >= 4 is 17.6 Å². The molecule has 0 aromatic heterocycles. The van der Waals surface area contributed by atoms with Gasteiger partial charge in [0, 0.05) is 11.8 Å². The van der Waals surface area contributed by atoms with Crippen molar-refractivity contribution in [2.24, 2.45) is 0 Å². The molecule has 1 aromatic rings. The van der Waals surface area contributed by atoms with Gasteiger partial charge in [0.05, 0.1) is 27.2 Å². The number of hydrogen-bond donors (Lipinski definition) is 2. The maximum atomic E-state index is 12.0. The highest BCUT2D eigenvalue weighted by atomic mass is 16.5. The summed E-state index contributed by atoms with van der Waals surface area (Å²) in [5, 5.41) is 12.5. The molecular weight excluding hydrogens is 272 g/mol. The minimum atomic E-state index is -0.619. The predicted octanol–water partition coefficient (Wildman–Crippen LogP) is 1.60. The van der Waals surface area contributed by atoms with E-state index in [1.54, 1.807) is 6.07 Å². The van der Waals surface area contributed by atoms with E-state index < -0.39 is 5.97 Å². The van der Waals surface area contributed by atoms with Crippen LogP contribution in [-0.4, -0.2) is 55.3 Å². The van der Waals surface area contributed by atoms with E-state index in [0.29, 0.717) is 16.7 Å². The molecule has 116 valence electrons. The highest BCUT2D eigenvalue weighted by Gasteiger charge is 2.21. The van der Waals surface area contributed by atoms with E-state index in [2.05, 4.69) is 10.1 Å². The Kier molecular flexibility index (Phi) is 5.72. The molecule has 0 fully saturated rings. The van der Waals surface area contributed by atoms with Gasteiger partial charge in [-0.05, 0) is 26.0 Å². The molecule has 21 heavy (non-hydrogen) atoms. The number of carbonyl (C=O) groups is 2. The topological polar surface area (TPSA) is 75.6 Å². The molecule has 1 amide bonds. The fourth-order valence-electron chi connectivity index (χ4n) is 1.89. The van der Waals surface area contributed by atoms with Crippen LogP contribution in [0.3, 0.4) is 0 Å². The fourth-order valence-corrected chi connectivity index (χ4v) is 1.89. The number of phenols is 1. The van der Waals surface area contributed by atoms with E-state index in [0.717, 1.165) is 13.1 Å². The van der Waals surface area contributed by atoms with Crippen molar-refractivity contribution in [3.8, 4) is 5.75 Å². The minimum absolute atomic E-state index is 0.0678. The number of aromatic hydroxyl groups is 1. The number of nitrogens with zero attached hydrogens (tertiary/aromatic N) is 1. The van der Waals surface area contributed by atoms with E-state index >= 15 is 0 Å². The van der Waals surface area contributed by atoms with Gasteiger partial charge in [-0.2, -0.15) is 0 Å². The van der Waals surface area contributed by atoms with Gasteiger partial charge in [0.1, 0.15) is 11.3 Å². The molecule has 0 aliphatic heterocycles. The lowest BCUT2D eigenvalue weighted by atomic mass is 10.2. The van der Waals surface area contributed by atoms with Crippen LogP contribution in [0.25, 0.3) is 0 Å². The second-order valence-electron chi connectivity index (χ2n) is 5.18. The lowest BCUT2D eigenvalue weighted by Crippen LogP contribution is -2.48. The lowest BCUT2D eigenvalue weighted by molar-refractivity contribution is -0.898. The largest absolute Gasteiger partial charge is 0.507 e. The average molecular weight is 295 g/mol. The molecule has 6 heteroatoms. The Balaban J connectivity index is 2.78. The van der Waals surface area contributed by atoms with Gasteiger partial charge in [-0.15, -0.1) is 0 Å². The summed E-state index contributed by atoms with van der Waals surface area (Å²) in [6.07, 6.45) is 0. The normalized spacial score (nSPS) is 11.0. The van der Waals surface area contributed by atoms with E-state index in [-0.39, 0.29) is 17.2 Å². The summed E-state index contributed by atoms with van der Waals surface area (Å²) >= 11 is 0. The number of benzene rings is 1. The van der Waals surface area contributed by atoms with Crippen LogP contribution in [0.15, 0.2) is 18.2 Å². The average Bonchev–Trinajstić information content (AvgIpc) is 2.46. The van der Waals surface area contributed by atoms with E-state index in [1.807, 2.05) is 20.9 Å². The van der Waals surface area contributed by atoms with Crippen LogP contribution >= 0.6 is 0 Å². The van der Waals surface area contributed by atoms with Crippen molar-refractivity contribution in [3.63, 3.8) is 0 Å². The number of esters is 1. The number of quaternary nitrogens is 1. The zero-order valence-electron chi connectivity index (χ0n) is 13.0. The van der Waals surface area contributed by atoms with Crippen molar-refractivity contribution in [2.45, 2.75) is 13.8 Å². The molecule has 0 aliphatic carbocycles. The van der Waals surface area contributed by atoms with E-state index in [9.17, 15) is 14.7 Å². The molecule has 0 spiro atoms. The van der Waals surface area contributed by atoms with Crippen molar-refractivity contribution in [1.29, 1.82) is 0 Å². The Morgan fingerprint density at radius 2 is 1.90 bits per heavy atom. The number of amides is 1. The number of carbonyl (C=O) groups excluding carboxylic acids is 2. The number of likely N-dealkylation sites (N-methyl/N-ethyl adjacent to an activating group) is 1. The quantitative estimate of drug-likeness (QED) is 0.617. The fraction of sp³-hybridized carbons (Fsp3) is 0.467. The molecule has 0 saturated carbocycles. The Labute approximate surface area is 124 Å². The van der Waals surface area contributed by atoms with Crippen LogP contribution in [0.1, 0.15) is 24.2 Å². The molecule has 0 aliphatic rings. The summed E-state index contributed by atoms with van der Waals surface area (Å²) in [5.74, 6) is -0.971. The van der Waals surface area contributed by atoms with E-state index in [4.69, 9.17) is 0 Å². The SMILES string of the molecule is CC[N+](C)(CC)CC(=O)Nc1ccc(C(=O)OC)c(O)c1. The number of rotatable bonds is 6. The summed E-state index contributed by atoms with van der Waals surface area (Å²) in [7, 11) is 3.25. The zero-order chi connectivity index (χ0) is 16.0. The molecule has 1 aromatic carbocycles. The first-order valence-corrected chi connectivity index (χ1v) is 6.90. The van der Waals surface area contributed by atoms with Gasteiger partial charge in [0.2, 0.25) is 0 Å². The minimum Gasteiger partial charge on any atom is -0.507 e. The van der Waals surface area contributed by atoms with Crippen molar-refractivity contribution in [3.05, 3.63) is 23.8 Å². The highest BCUT2D eigenvalue weighted by molar-refractivity contribution is 5.95. The molecule has 1 rings (SSSR count). The first-order chi connectivity index (χ1) is 9.85. The Morgan fingerprint density at radius 1 is 1.29 bits per heavy atom. The number of hydrogen-bond acceptors (Lipinski definition) is 4. The summed E-state index contributed by atoms with van der Waals surface area (Å²) < 4.78 is 5.18. The second-order valence-corrected chi connectivity index (χ2v) is 5.18.